The van der Waals surface area contributed by atoms with E-state index in [0.717, 1.165) is 32.8 Å². The molecule has 0 radical (unpaired) electrons. The van der Waals surface area contributed by atoms with Crippen molar-refractivity contribution >= 4 is 28.6 Å². The van der Waals surface area contributed by atoms with Gasteiger partial charge in [-0.05, 0) is 37.6 Å². The summed E-state index contributed by atoms with van der Waals surface area (Å²) in [5.41, 5.74) is 1.64. The number of ether oxygens (including phenoxy) is 1. The molecule has 0 saturated carbocycles. The maximum Gasteiger partial charge on any atom is 0.305 e. The highest BCUT2D eigenvalue weighted by atomic mass is 32.2. The SMILES string of the molecule is Cc1[nH]n2nc(-c3ccc(NC(=O)COS(=O)OCCCN4CCOCC4)cc3)nc2c1F. The highest BCUT2D eigenvalue weighted by Gasteiger charge is 2.15. The van der Waals surface area contributed by atoms with Gasteiger partial charge in [0.15, 0.2) is 11.6 Å². The van der Waals surface area contributed by atoms with Gasteiger partial charge in [0.2, 0.25) is 5.65 Å². The summed E-state index contributed by atoms with van der Waals surface area (Å²) in [5.74, 6) is -0.572. The fraction of sp³-hybridized carbons (Fsp3) is 0.450. The van der Waals surface area contributed by atoms with Crippen LogP contribution in [0.1, 0.15) is 12.1 Å². The monoisotopic (exact) mass is 480 g/mol. The zero-order chi connectivity index (χ0) is 23.2. The smallest absolute Gasteiger partial charge is 0.305 e. The zero-order valence-corrected chi connectivity index (χ0v) is 18.9. The van der Waals surface area contributed by atoms with E-state index in [-0.39, 0.29) is 12.3 Å². The summed E-state index contributed by atoms with van der Waals surface area (Å²) in [6, 6.07) is 6.71. The van der Waals surface area contributed by atoms with Crippen molar-refractivity contribution in [3.63, 3.8) is 0 Å². The van der Waals surface area contributed by atoms with Gasteiger partial charge in [-0.3, -0.25) is 23.2 Å². The molecule has 1 aliphatic heterocycles. The molecule has 33 heavy (non-hydrogen) atoms. The van der Waals surface area contributed by atoms with E-state index in [1.807, 2.05) is 0 Å². The Hall–Kier alpha value is -2.71. The van der Waals surface area contributed by atoms with E-state index in [4.69, 9.17) is 13.1 Å². The summed E-state index contributed by atoms with van der Waals surface area (Å²) in [6.45, 7) is 5.51. The molecule has 1 amide bonds. The lowest BCUT2D eigenvalue weighted by Gasteiger charge is -2.26. The number of carbonyl (C=O) groups is 1. The van der Waals surface area contributed by atoms with Gasteiger partial charge in [-0.1, -0.05) is 0 Å². The van der Waals surface area contributed by atoms with E-state index in [1.165, 1.54) is 4.63 Å². The molecule has 0 spiro atoms. The molecule has 3 heterocycles. The molecule has 3 aromatic rings. The van der Waals surface area contributed by atoms with Crippen molar-refractivity contribution in [3.8, 4) is 11.4 Å². The predicted molar refractivity (Wildman–Crippen MR) is 118 cm³/mol. The number of morpholine rings is 1. The van der Waals surface area contributed by atoms with Crippen LogP contribution in [-0.4, -0.2) is 80.9 Å². The number of carbonyl (C=O) groups excluding carboxylic acids is 1. The number of rotatable bonds is 10. The van der Waals surface area contributed by atoms with Crippen LogP contribution in [0.15, 0.2) is 24.3 Å². The Bertz CT molecular complexity index is 1110. The first-order valence-electron chi connectivity index (χ1n) is 10.5. The van der Waals surface area contributed by atoms with E-state index in [9.17, 15) is 13.4 Å². The molecule has 4 rings (SSSR count). The quantitative estimate of drug-likeness (QED) is 0.418. The Balaban J connectivity index is 1.18. The van der Waals surface area contributed by atoms with Crippen LogP contribution in [0.5, 0.6) is 0 Å². The molecule has 1 saturated heterocycles. The van der Waals surface area contributed by atoms with Gasteiger partial charge in [-0.15, -0.1) is 5.10 Å². The Morgan fingerprint density at radius 2 is 2.03 bits per heavy atom. The topological polar surface area (TPSA) is 123 Å². The summed E-state index contributed by atoms with van der Waals surface area (Å²) in [5, 5.41) is 9.61. The van der Waals surface area contributed by atoms with Gasteiger partial charge in [0.25, 0.3) is 5.91 Å². The molecule has 178 valence electrons. The minimum Gasteiger partial charge on any atom is -0.379 e. The van der Waals surface area contributed by atoms with Crippen molar-refractivity contribution in [1.29, 1.82) is 0 Å². The van der Waals surface area contributed by atoms with Crippen LogP contribution >= 0.6 is 0 Å². The summed E-state index contributed by atoms with van der Waals surface area (Å²) < 4.78 is 42.3. The number of nitrogens with one attached hydrogen (secondary N) is 2. The number of benzene rings is 1. The van der Waals surface area contributed by atoms with E-state index in [2.05, 4.69) is 25.4 Å². The number of halogens is 1. The normalized spacial score (nSPS) is 15.7. The van der Waals surface area contributed by atoms with Crippen molar-refractivity contribution in [2.45, 2.75) is 13.3 Å². The van der Waals surface area contributed by atoms with Gasteiger partial charge >= 0.3 is 11.4 Å². The second kappa shape index (κ2) is 10.9. The fourth-order valence-electron chi connectivity index (χ4n) is 3.31. The van der Waals surface area contributed by atoms with Crippen LogP contribution in [-0.2, 0) is 29.3 Å². The van der Waals surface area contributed by atoms with E-state index < -0.39 is 29.7 Å². The van der Waals surface area contributed by atoms with Gasteiger partial charge in [0.1, 0.15) is 6.61 Å². The summed E-state index contributed by atoms with van der Waals surface area (Å²) >= 11 is -2.00. The molecule has 0 bridgehead atoms. The number of H-pyrrole nitrogens is 1. The van der Waals surface area contributed by atoms with Gasteiger partial charge in [-0.25, -0.2) is 9.37 Å². The molecule has 11 nitrogen and oxygen atoms in total. The van der Waals surface area contributed by atoms with Crippen LogP contribution in [0, 0.1) is 12.7 Å². The second-order valence-electron chi connectivity index (χ2n) is 7.44. The van der Waals surface area contributed by atoms with Crippen molar-refractivity contribution in [3.05, 3.63) is 35.8 Å². The van der Waals surface area contributed by atoms with Crippen LogP contribution < -0.4 is 5.32 Å². The molecular formula is C20H25FN6O5S. The number of aromatic amines is 1. The number of fused-ring (bicyclic) bond motifs is 1. The van der Waals surface area contributed by atoms with E-state index >= 15 is 0 Å². The molecule has 0 aliphatic carbocycles. The highest BCUT2D eigenvalue weighted by molar-refractivity contribution is 7.75. The highest BCUT2D eigenvalue weighted by Crippen LogP contribution is 2.20. The number of amides is 1. The van der Waals surface area contributed by atoms with Crippen molar-refractivity contribution in [1.82, 2.24) is 24.7 Å². The van der Waals surface area contributed by atoms with Crippen LogP contribution in [0.3, 0.4) is 0 Å². The number of hydrogen-bond donors (Lipinski definition) is 2. The summed E-state index contributed by atoms with van der Waals surface area (Å²) in [4.78, 5) is 18.5. The van der Waals surface area contributed by atoms with Crippen LogP contribution in [0.2, 0.25) is 0 Å². The van der Waals surface area contributed by atoms with Gasteiger partial charge < -0.3 is 10.1 Å². The number of hydrogen-bond acceptors (Lipinski definition) is 8. The van der Waals surface area contributed by atoms with Crippen LogP contribution in [0.4, 0.5) is 10.1 Å². The Kier molecular flexibility index (Phi) is 7.77. The van der Waals surface area contributed by atoms with Crippen molar-refractivity contribution < 1.29 is 26.5 Å². The predicted octanol–water partition coefficient (Wildman–Crippen LogP) is 1.44. The number of aromatic nitrogens is 4. The van der Waals surface area contributed by atoms with Gasteiger partial charge in [0, 0.05) is 30.9 Å². The first-order chi connectivity index (χ1) is 16.0. The molecule has 1 fully saturated rings. The maximum atomic E-state index is 13.9. The average molecular weight is 481 g/mol. The van der Waals surface area contributed by atoms with Crippen molar-refractivity contribution in [2.75, 3.05) is 51.4 Å². The first kappa shape index (κ1) is 23.4. The summed E-state index contributed by atoms with van der Waals surface area (Å²) in [7, 11) is 0. The molecule has 13 heteroatoms. The minimum absolute atomic E-state index is 0.119. The molecule has 2 N–H and O–H groups in total. The molecule has 1 unspecified atom stereocenters. The van der Waals surface area contributed by atoms with E-state index in [0.29, 0.717) is 29.2 Å². The molecule has 1 aromatic carbocycles. The Labute approximate surface area is 192 Å². The third-order valence-electron chi connectivity index (χ3n) is 5.02. The average Bonchev–Trinajstić information content (AvgIpc) is 3.35. The minimum atomic E-state index is -2.00. The standard InChI is InChI=1S/C20H25FN6O5S/c1-14-18(21)20-23-19(25-27(20)24-14)15-3-5-16(6-4-15)22-17(28)13-32-33(29)31-10-2-7-26-8-11-30-12-9-26/h3-6,24H,2,7-13H2,1H3,(H,22,28). The van der Waals surface area contributed by atoms with E-state index in [1.54, 1.807) is 31.2 Å². The third kappa shape index (κ3) is 6.21. The molecule has 1 aliphatic rings. The first-order valence-corrected chi connectivity index (χ1v) is 11.5. The molecule has 1 atom stereocenters. The maximum absolute atomic E-state index is 13.9. The number of aryl methyl sites for hydroxylation is 1. The molecule has 2 aromatic heterocycles. The lowest BCUT2D eigenvalue weighted by atomic mass is 10.2. The van der Waals surface area contributed by atoms with Gasteiger partial charge in [0.05, 0.1) is 25.5 Å². The Morgan fingerprint density at radius 1 is 1.27 bits per heavy atom. The van der Waals surface area contributed by atoms with Crippen molar-refractivity contribution in [2.24, 2.45) is 0 Å². The zero-order valence-electron chi connectivity index (χ0n) is 18.1. The largest absolute Gasteiger partial charge is 0.379 e. The fourth-order valence-corrected chi connectivity index (χ4v) is 3.83. The number of nitrogens with zero attached hydrogens (tertiary/aromatic N) is 4. The summed E-state index contributed by atoms with van der Waals surface area (Å²) in [6.07, 6.45) is 0.709. The lowest BCUT2D eigenvalue weighted by molar-refractivity contribution is -0.118. The number of anilines is 1. The van der Waals surface area contributed by atoms with Gasteiger partial charge in [-0.2, -0.15) is 8.84 Å². The second-order valence-corrected chi connectivity index (χ2v) is 8.32. The molecular weight excluding hydrogens is 455 g/mol. The van der Waals surface area contributed by atoms with Crippen LogP contribution in [0.25, 0.3) is 17.0 Å². The lowest BCUT2D eigenvalue weighted by Crippen LogP contribution is -2.37. The third-order valence-corrected chi connectivity index (χ3v) is 5.69. The Morgan fingerprint density at radius 3 is 2.76 bits per heavy atom.